The Kier molecular flexibility index (Phi) is 3.99. The van der Waals surface area contributed by atoms with Crippen molar-refractivity contribution < 1.29 is 9.18 Å². The third-order valence-electron chi connectivity index (χ3n) is 4.54. The van der Waals surface area contributed by atoms with Crippen molar-refractivity contribution in [2.24, 2.45) is 17.6 Å². The summed E-state index contributed by atoms with van der Waals surface area (Å²) in [5, 5.41) is 0. The highest BCUT2D eigenvalue weighted by Gasteiger charge is 2.38. The molecule has 1 heterocycles. The van der Waals surface area contributed by atoms with E-state index in [4.69, 9.17) is 5.73 Å². The van der Waals surface area contributed by atoms with Gasteiger partial charge in [-0.05, 0) is 71.9 Å². The van der Waals surface area contributed by atoms with Crippen LogP contribution in [0.25, 0.3) is 0 Å². The number of nitrogens with two attached hydrogens (primary N) is 1. The highest BCUT2D eigenvalue weighted by atomic mass is 127. The average Bonchev–Trinajstić information content (AvgIpc) is 2.81. The molecular weight excluding hydrogens is 370 g/mol. The van der Waals surface area contributed by atoms with Crippen molar-refractivity contribution >= 4 is 28.5 Å². The summed E-state index contributed by atoms with van der Waals surface area (Å²) in [5.41, 5.74) is 6.62. The summed E-state index contributed by atoms with van der Waals surface area (Å²) < 4.78 is 13.8. The number of carbonyl (C=O) groups is 1. The molecule has 1 unspecified atom stereocenters. The third-order valence-corrected chi connectivity index (χ3v) is 5.43. The quantitative estimate of drug-likeness (QED) is 0.752. The van der Waals surface area contributed by atoms with E-state index in [-0.39, 0.29) is 17.8 Å². The van der Waals surface area contributed by atoms with Crippen molar-refractivity contribution in [1.29, 1.82) is 0 Å². The molecule has 1 amide bonds. The fourth-order valence-electron chi connectivity index (χ4n) is 3.47. The Balaban J connectivity index is 1.75. The molecule has 2 aliphatic rings. The Hall–Kier alpha value is -0.690. The van der Waals surface area contributed by atoms with Crippen LogP contribution < -0.4 is 5.73 Å². The molecule has 0 spiro atoms. The second-order valence-electron chi connectivity index (χ2n) is 5.93. The molecule has 3 rings (SSSR count). The summed E-state index contributed by atoms with van der Waals surface area (Å²) in [4.78, 5) is 14.5. The number of halogens is 2. The molecule has 1 aliphatic heterocycles. The molecule has 3 nitrogen and oxygen atoms in total. The Morgan fingerprint density at radius 1 is 1.30 bits per heavy atom. The molecule has 1 aliphatic carbocycles. The number of benzene rings is 1. The molecule has 1 aromatic rings. The van der Waals surface area contributed by atoms with E-state index in [2.05, 4.69) is 0 Å². The van der Waals surface area contributed by atoms with Gasteiger partial charge in [-0.3, -0.25) is 4.79 Å². The van der Waals surface area contributed by atoms with Crippen LogP contribution in [0, 0.1) is 21.2 Å². The van der Waals surface area contributed by atoms with E-state index in [1.165, 1.54) is 12.1 Å². The van der Waals surface area contributed by atoms with Crippen LogP contribution >= 0.6 is 22.6 Å². The summed E-state index contributed by atoms with van der Waals surface area (Å²) in [5.74, 6) is 0.863. The van der Waals surface area contributed by atoms with Crippen LogP contribution in [-0.2, 0) is 0 Å². The van der Waals surface area contributed by atoms with Gasteiger partial charge in [-0.25, -0.2) is 4.39 Å². The molecule has 0 bridgehead atoms. The fraction of sp³-hybridized carbons (Fsp3) is 0.533. The van der Waals surface area contributed by atoms with Gasteiger partial charge in [-0.1, -0.05) is 0 Å². The van der Waals surface area contributed by atoms with E-state index in [1.54, 1.807) is 6.07 Å². The van der Waals surface area contributed by atoms with Crippen LogP contribution in [0.1, 0.15) is 29.6 Å². The van der Waals surface area contributed by atoms with Gasteiger partial charge in [0.1, 0.15) is 5.82 Å². The smallest absolute Gasteiger partial charge is 0.254 e. The van der Waals surface area contributed by atoms with Crippen LogP contribution in [0.5, 0.6) is 0 Å². The van der Waals surface area contributed by atoms with E-state index in [0.717, 1.165) is 32.4 Å². The maximum Gasteiger partial charge on any atom is 0.254 e. The Morgan fingerprint density at radius 3 is 2.80 bits per heavy atom. The van der Waals surface area contributed by atoms with Gasteiger partial charge in [0.15, 0.2) is 0 Å². The third kappa shape index (κ3) is 2.70. The van der Waals surface area contributed by atoms with Crippen molar-refractivity contribution in [2.45, 2.75) is 25.3 Å². The first-order valence-electron chi connectivity index (χ1n) is 7.04. The number of likely N-dealkylation sites (tertiary alicyclic amines) is 1. The minimum absolute atomic E-state index is 0.0253. The number of rotatable bonds is 1. The molecule has 0 aromatic heterocycles. The fourth-order valence-corrected chi connectivity index (χ4v) is 4.17. The molecular formula is C15H18FIN2O. The molecule has 1 saturated heterocycles. The molecule has 1 aromatic carbocycles. The van der Waals surface area contributed by atoms with Gasteiger partial charge in [-0.2, -0.15) is 0 Å². The topological polar surface area (TPSA) is 46.3 Å². The molecule has 5 heteroatoms. The van der Waals surface area contributed by atoms with Gasteiger partial charge < -0.3 is 10.6 Å². The van der Waals surface area contributed by atoms with Gasteiger partial charge in [-0.15, -0.1) is 0 Å². The monoisotopic (exact) mass is 388 g/mol. The first-order valence-corrected chi connectivity index (χ1v) is 8.12. The highest BCUT2D eigenvalue weighted by Crippen LogP contribution is 2.36. The largest absolute Gasteiger partial charge is 0.338 e. The Bertz CT molecular complexity index is 537. The van der Waals surface area contributed by atoms with E-state index in [9.17, 15) is 9.18 Å². The molecule has 2 N–H and O–H groups in total. The lowest BCUT2D eigenvalue weighted by Gasteiger charge is -2.27. The molecule has 1 saturated carbocycles. The van der Waals surface area contributed by atoms with Crippen molar-refractivity contribution in [3.8, 4) is 0 Å². The average molecular weight is 388 g/mol. The van der Waals surface area contributed by atoms with Crippen LogP contribution in [0.15, 0.2) is 18.2 Å². The van der Waals surface area contributed by atoms with Crippen molar-refractivity contribution in [3.05, 3.63) is 33.1 Å². The van der Waals surface area contributed by atoms with Crippen LogP contribution in [0.2, 0.25) is 0 Å². The zero-order valence-corrected chi connectivity index (χ0v) is 13.3. The minimum atomic E-state index is -0.299. The normalized spacial score (nSPS) is 29.4. The van der Waals surface area contributed by atoms with Crippen LogP contribution in [0.3, 0.4) is 0 Å². The molecule has 108 valence electrons. The van der Waals surface area contributed by atoms with Gasteiger partial charge in [0.05, 0.1) is 5.56 Å². The summed E-state index contributed by atoms with van der Waals surface area (Å²) in [6.07, 6.45) is 3.21. The zero-order valence-electron chi connectivity index (χ0n) is 11.2. The predicted octanol–water partition coefficient (Wildman–Crippen LogP) is 2.63. The number of hydrogen-bond donors (Lipinski definition) is 1. The first kappa shape index (κ1) is 14.3. The molecule has 2 fully saturated rings. The molecule has 20 heavy (non-hydrogen) atoms. The van der Waals surface area contributed by atoms with Crippen LogP contribution in [0.4, 0.5) is 4.39 Å². The second-order valence-corrected chi connectivity index (χ2v) is 7.09. The van der Waals surface area contributed by atoms with Crippen molar-refractivity contribution in [2.75, 3.05) is 13.1 Å². The van der Waals surface area contributed by atoms with Crippen molar-refractivity contribution in [3.63, 3.8) is 0 Å². The maximum absolute atomic E-state index is 13.1. The number of hydrogen-bond acceptors (Lipinski definition) is 2. The van der Waals surface area contributed by atoms with Gasteiger partial charge in [0, 0.05) is 22.7 Å². The predicted molar refractivity (Wildman–Crippen MR) is 83.8 cm³/mol. The lowest BCUT2D eigenvalue weighted by molar-refractivity contribution is 0.0783. The Labute approximate surface area is 131 Å². The number of nitrogens with zero attached hydrogens (tertiary/aromatic N) is 1. The first-order chi connectivity index (χ1) is 9.54. The summed E-state index contributed by atoms with van der Waals surface area (Å²) in [6, 6.07) is 4.64. The summed E-state index contributed by atoms with van der Waals surface area (Å²) in [7, 11) is 0. The van der Waals surface area contributed by atoms with E-state index in [1.807, 2.05) is 27.5 Å². The number of fused-ring (bicyclic) bond motifs is 1. The van der Waals surface area contributed by atoms with Crippen LogP contribution in [-0.4, -0.2) is 29.9 Å². The summed E-state index contributed by atoms with van der Waals surface area (Å²) >= 11 is 2.02. The molecule has 3 atom stereocenters. The summed E-state index contributed by atoms with van der Waals surface area (Å²) in [6.45, 7) is 1.62. The standard InChI is InChI=1S/C15H18FIN2O/c16-11-2-4-13(14(17)6-11)15(20)19-7-9-1-3-12(18)5-10(9)8-19/h2,4,6,9-10,12H,1,3,5,7-8,18H2/t9-,10+,12?/m1/s1. The SMILES string of the molecule is NC1CC[C@@H]2CN(C(=O)c3ccc(F)cc3I)C[C@@H]2C1. The lowest BCUT2D eigenvalue weighted by Crippen LogP contribution is -2.32. The Morgan fingerprint density at radius 2 is 2.05 bits per heavy atom. The van der Waals surface area contributed by atoms with E-state index in [0.29, 0.717) is 21.0 Å². The van der Waals surface area contributed by atoms with E-state index < -0.39 is 0 Å². The highest BCUT2D eigenvalue weighted by molar-refractivity contribution is 14.1. The second kappa shape index (κ2) is 5.60. The minimum Gasteiger partial charge on any atom is -0.338 e. The van der Waals surface area contributed by atoms with E-state index >= 15 is 0 Å². The molecule has 0 radical (unpaired) electrons. The zero-order chi connectivity index (χ0) is 14.3. The maximum atomic E-state index is 13.1. The van der Waals surface area contributed by atoms with Crippen molar-refractivity contribution in [1.82, 2.24) is 4.90 Å². The van der Waals surface area contributed by atoms with Gasteiger partial charge in [0.2, 0.25) is 0 Å². The lowest BCUT2D eigenvalue weighted by atomic mass is 9.79. The number of amides is 1. The van der Waals surface area contributed by atoms with Gasteiger partial charge in [0.25, 0.3) is 5.91 Å². The van der Waals surface area contributed by atoms with Gasteiger partial charge >= 0.3 is 0 Å². The number of carbonyl (C=O) groups excluding carboxylic acids is 1.